The SMILES string of the molecule is CNC(C=O)CCCCNC(=O)CCN1C(=O)C=CC1=O. The van der Waals surface area contributed by atoms with Crippen LogP contribution in [0, 0.1) is 0 Å². The van der Waals surface area contributed by atoms with Crippen molar-refractivity contribution in [1.82, 2.24) is 15.5 Å². The molecular formula is C14H21N3O4. The number of rotatable bonds is 10. The van der Waals surface area contributed by atoms with Crippen molar-refractivity contribution in [2.24, 2.45) is 0 Å². The van der Waals surface area contributed by atoms with Gasteiger partial charge in [0.15, 0.2) is 0 Å². The van der Waals surface area contributed by atoms with Gasteiger partial charge in [-0.25, -0.2) is 0 Å². The highest BCUT2D eigenvalue weighted by Gasteiger charge is 2.23. The molecule has 0 saturated heterocycles. The first-order valence-corrected chi connectivity index (χ1v) is 7.01. The predicted molar refractivity (Wildman–Crippen MR) is 76.2 cm³/mol. The monoisotopic (exact) mass is 295 g/mol. The van der Waals surface area contributed by atoms with Gasteiger partial charge in [-0.3, -0.25) is 19.3 Å². The largest absolute Gasteiger partial charge is 0.356 e. The predicted octanol–water partition coefficient (Wildman–Crippen LogP) is -0.625. The summed E-state index contributed by atoms with van der Waals surface area (Å²) in [6.07, 6.45) is 5.72. The fourth-order valence-electron chi connectivity index (χ4n) is 1.95. The number of likely N-dealkylation sites (N-methyl/N-ethyl adjacent to an activating group) is 1. The van der Waals surface area contributed by atoms with E-state index in [-0.39, 0.29) is 36.7 Å². The molecule has 1 heterocycles. The van der Waals surface area contributed by atoms with Gasteiger partial charge in [0, 0.05) is 31.7 Å². The van der Waals surface area contributed by atoms with Gasteiger partial charge >= 0.3 is 0 Å². The summed E-state index contributed by atoms with van der Waals surface area (Å²) >= 11 is 0. The zero-order chi connectivity index (χ0) is 15.7. The standard InChI is InChI=1S/C14H21N3O4/c1-15-11(10-18)4-2-3-8-16-12(19)7-9-17-13(20)5-6-14(17)21/h5-6,10-11,15H,2-4,7-9H2,1H3,(H,16,19). The van der Waals surface area contributed by atoms with E-state index in [1.165, 1.54) is 12.2 Å². The topological polar surface area (TPSA) is 95.6 Å². The summed E-state index contributed by atoms with van der Waals surface area (Å²) in [6, 6.07) is -0.139. The Morgan fingerprint density at radius 2 is 1.95 bits per heavy atom. The van der Waals surface area contributed by atoms with Crippen LogP contribution < -0.4 is 10.6 Å². The Hall–Kier alpha value is -2.02. The average Bonchev–Trinajstić information content (AvgIpc) is 2.79. The van der Waals surface area contributed by atoms with Gasteiger partial charge in [-0.2, -0.15) is 0 Å². The Bertz CT molecular complexity index is 416. The second-order valence-corrected chi connectivity index (χ2v) is 4.79. The minimum atomic E-state index is -0.375. The van der Waals surface area contributed by atoms with Crippen molar-refractivity contribution < 1.29 is 19.2 Å². The number of hydrogen-bond acceptors (Lipinski definition) is 5. The molecule has 7 nitrogen and oxygen atoms in total. The average molecular weight is 295 g/mol. The van der Waals surface area contributed by atoms with E-state index in [4.69, 9.17) is 0 Å². The molecule has 1 rings (SSSR count). The maximum atomic E-state index is 11.6. The van der Waals surface area contributed by atoms with Crippen molar-refractivity contribution in [3.8, 4) is 0 Å². The van der Waals surface area contributed by atoms with E-state index >= 15 is 0 Å². The lowest BCUT2D eigenvalue weighted by Gasteiger charge is -2.13. The van der Waals surface area contributed by atoms with Gasteiger partial charge in [0.2, 0.25) is 5.91 Å². The molecule has 0 fully saturated rings. The quantitative estimate of drug-likeness (QED) is 0.318. The van der Waals surface area contributed by atoms with Crippen molar-refractivity contribution in [2.75, 3.05) is 20.1 Å². The second kappa shape index (κ2) is 9.02. The van der Waals surface area contributed by atoms with Crippen LogP contribution >= 0.6 is 0 Å². The number of nitrogens with one attached hydrogen (secondary N) is 2. The smallest absolute Gasteiger partial charge is 0.253 e. The lowest BCUT2D eigenvalue weighted by atomic mass is 10.1. The summed E-state index contributed by atoms with van der Waals surface area (Å²) in [5, 5.41) is 5.61. The maximum Gasteiger partial charge on any atom is 0.253 e. The van der Waals surface area contributed by atoms with Gasteiger partial charge in [-0.05, 0) is 26.3 Å². The lowest BCUT2D eigenvalue weighted by Crippen LogP contribution is -2.35. The van der Waals surface area contributed by atoms with E-state index < -0.39 is 0 Å². The van der Waals surface area contributed by atoms with Crippen molar-refractivity contribution in [3.05, 3.63) is 12.2 Å². The minimum Gasteiger partial charge on any atom is -0.356 e. The lowest BCUT2D eigenvalue weighted by molar-refractivity contribution is -0.137. The molecule has 0 aromatic heterocycles. The fourth-order valence-corrected chi connectivity index (χ4v) is 1.95. The molecule has 0 radical (unpaired) electrons. The molecule has 21 heavy (non-hydrogen) atoms. The van der Waals surface area contributed by atoms with Crippen LogP contribution in [-0.4, -0.2) is 55.1 Å². The summed E-state index contributed by atoms with van der Waals surface area (Å²) < 4.78 is 0. The number of unbranched alkanes of at least 4 members (excludes halogenated alkanes) is 1. The number of imide groups is 1. The van der Waals surface area contributed by atoms with E-state index in [1.54, 1.807) is 7.05 Å². The van der Waals surface area contributed by atoms with Gasteiger partial charge in [-0.1, -0.05) is 0 Å². The van der Waals surface area contributed by atoms with E-state index in [0.717, 1.165) is 30.4 Å². The molecule has 0 aromatic carbocycles. The van der Waals surface area contributed by atoms with Crippen LogP contribution in [0.3, 0.4) is 0 Å². The highest BCUT2D eigenvalue weighted by Crippen LogP contribution is 2.04. The Kier molecular flexibility index (Phi) is 7.31. The summed E-state index contributed by atoms with van der Waals surface area (Å²) in [7, 11) is 1.73. The molecule has 0 aliphatic carbocycles. The third kappa shape index (κ3) is 5.86. The highest BCUT2D eigenvalue weighted by molar-refractivity contribution is 6.13. The van der Waals surface area contributed by atoms with Crippen LogP contribution in [-0.2, 0) is 19.2 Å². The van der Waals surface area contributed by atoms with Gasteiger partial charge in [0.1, 0.15) is 6.29 Å². The van der Waals surface area contributed by atoms with Crippen LogP contribution in [0.15, 0.2) is 12.2 Å². The Morgan fingerprint density at radius 3 is 2.52 bits per heavy atom. The first-order chi connectivity index (χ1) is 10.1. The van der Waals surface area contributed by atoms with Crippen molar-refractivity contribution in [3.63, 3.8) is 0 Å². The molecule has 1 unspecified atom stereocenters. The van der Waals surface area contributed by atoms with Gasteiger partial charge in [0.25, 0.3) is 11.8 Å². The number of hydrogen-bond donors (Lipinski definition) is 2. The summed E-state index contributed by atoms with van der Waals surface area (Å²) in [5.74, 6) is -0.942. The number of carbonyl (C=O) groups is 4. The van der Waals surface area contributed by atoms with Crippen LogP contribution in [0.1, 0.15) is 25.7 Å². The molecule has 0 aromatic rings. The van der Waals surface area contributed by atoms with Crippen LogP contribution in [0.2, 0.25) is 0 Å². The number of amides is 3. The Balaban J connectivity index is 2.08. The molecular weight excluding hydrogens is 274 g/mol. The molecule has 0 bridgehead atoms. The van der Waals surface area contributed by atoms with Gasteiger partial charge in [-0.15, -0.1) is 0 Å². The Labute approximate surface area is 123 Å². The first kappa shape index (κ1) is 17.0. The van der Waals surface area contributed by atoms with Crippen molar-refractivity contribution in [2.45, 2.75) is 31.7 Å². The number of nitrogens with zero attached hydrogens (tertiary/aromatic N) is 1. The van der Waals surface area contributed by atoms with E-state index in [9.17, 15) is 19.2 Å². The summed E-state index contributed by atoms with van der Waals surface area (Å²) in [6.45, 7) is 0.623. The summed E-state index contributed by atoms with van der Waals surface area (Å²) in [4.78, 5) is 45.7. The molecule has 1 aliphatic rings. The fraction of sp³-hybridized carbons (Fsp3) is 0.571. The third-order valence-corrected chi connectivity index (χ3v) is 3.26. The zero-order valence-corrected chi connectivity index (χ0v) is 12.1. The zero-order valence-electron chi connectivity index (χ0n) is 12.1. The second-order valence-electron chi connectivity index (χ2n) is 4.79. The van der Waals surface area contributed by atoms with Crippen molar-refractivity contribution in [1.29, 1.82) is 0 Å². The molecule has 0 spiro atoms. The van der Waals surface area contributed by atoms with E-state index in [1.807, 2.05) is 0 Å². The first-order valence-electron chi connectivity index (χ1n) is 7.01. The normalized spacial score (nSPS) is 15.4. The molecule has 1 aliphatic heterocycles. The summed E-state index contributed by atoms with van der Waals surface area (Å²) in [5.41, 5.74) is 0. The minimum absolute atomic E-state index is 0.101. The molecule has 3 amide bonds. The van der Waals surface area contributed by atoms with E-state index in [2.05, 4.69) is 10.6 Å². The maximum absolute atomic E-state index is 11.6. The highest BCUT2D eigenvalue weighted by atomic mass is 16.2. The van der Waals surface area contributed by atoms with Crippen LogP contribution in [0.25, 0.3) is 0 Å². The number of aldehydes is 1. The molecule has 116 valence electrons. The van der Waals surface area contributed by atoms with E-state index in [0.29, 0.717) is 6.54 Å². The van der Waals surface area contributed by atoms with Crippen molar-refractivity contribution >= 4 is 24.0 Å². The van der Waals surface area contributed by atoms with Gasteiger partial charge < -0.3 is 15.4 Å². The molecule has 7 heteroatoms. The Morgan fingerprint density at radius 1 is 1.29 bits per heavy atom. The third-order valence-electron chi connectivity index (χ3n) is 3.26. The molecule has 0 saturated carbocycles. The number of carbonyl (C=O) groups excluding carboxylic acids is 4. The molecule has 1 atom stereocenters. The van der Waals surface area contributed by atoms with Crippen LogP contribution in [0.4, 0.5) is 0 Å². The van der Waals surface area contributed by atoms with Crippen LogP contribution in [0.5, 0.6) is 0 Å². The van der Waals surface area contributed by atoms with Gasteiger partial charge in [0.05, 0.1) is 6.04 Å². The molecule has 2 N–H and O–H groups in total.